The first-order chi connectivity index (χ1) is 6.16. The number of nitrogens with two attached hydrogens (primary N) is 1. The number of hydrogen-bond donors (Lipinski definition) is 1. The fraction of sp³-hybridized carbons (Fsp3) is 0.111. The van der Waals surface area contributed by atoms with Crippen LogP contribution in [0.5, 0.6) is 0 Å². The molecule has 3 nitrogen and oxygen atoms in total. The molecule has 1 heterocycles. The van der Waals surface area contributed by atoms with Gasteiger partial charge in [0.2, 0.25) is 5.95 Å². The molecule has 0 amide bonds. The van der Waals surface area contributed by atoms with Gasteiger partial charge in [0.05, 0.1) is 5.52 Å². The Bertz CT molecular complexity index is 468. The van der Waals surface area contributed by atoms with Gasteiger partial charge >= 0.3 is 0 Å². The third-order valence-corrected chi connectivity index (χ3v) is 2.11. The Hall–Kier alpha value is -1.35. The lowest BCUT2D eigenvalue weighted by atomic mass is 10.2. The molecule has 0 saturated heterocycles. The van der Waals surface area contributed by atoms with Crippen molar-refractivity contribution >= 4 is 28.5 Å². The maximum Gasteiger partial charge on any atom is 0.222 e. The molecular weight excluding hydrogens is 186 g/mol. The van der Waals surface area contributed by atoms with Crippen LogP contribution in [0.15, 0.2) is 18.2 Å². The van der Waals surface area contributed by atoms with Crippen molar-refractivity contribution in [2.75, 3.05) is 5.73 Å². The number of anilines is 1. The van der Waals surface area contributed by atoms with E-state index in [1.807, 2.05) is 25.1 Å². The van der Waals surface area contributed by atoms with E-state index < -0.39 is 0 Å². The zero-order valence-electron chi connectivity index (χ0n) is 7.08. The predicted molar refractivity (Wildman–Crippen MR) is 53.7 cm³/mol. The molecule has 0 aliphatic carbocycles. The molecule has 1 aromatic carbocycles. The second-order valence-corrected chi connectivity index (χ2v) is 3.25. The van der Waals surface area contributed by atoms with Gasteiger partial charge in [-0.3, -0.25) is 0 Å². The van der Waals surface area contributed by atoms with Crippen molar-refractivity contribution in [2.45, 2.75) is 6.92 Å². The van der Waals surface area contributed by atoms with E-state index in [1.165, 1.54) is 0 Å². The van der Waals surface area contributed by atoms with Crippen LogP contribution < -0.4 is 5.73 Å². The van der Waals surface area contributed by atoms with Gasteiger partial charge in [-0.1, -0.05) is 23.2 Å². The minimum Gasteiger partial charge on any atom is -0.368 e. The van der Waals surface area contributed by atoms with Crippen LogP contribution in [0, 0.1) is 6.92 Å². The summed E-state index contributed by atoms with van der Waals surface area (Å²) in [5, 5.41) is 1.25. The summed E-state index contributed by atoms with van der Waals surface area (Å²) in [4.78, 5) is 7.93. The van der Waals surface area contributed by atoms with E-state index in [9.17, 15) is 0 Å². The van der Waals surface area contributed by atoms with Gasteiger partial charge in [0, 0.05) is 5.39 Å². The number of nitrogens with zero attached hydrogens (tertiary/aromatic N) is 2. The van der Waals surface area contributed by atoms with Crippen LogP contribution in [0.4, 0.5) is 5.95 Å². The van der Waals surface area contributed by atoms with Crippen molar-refractivity contribution in [2.24, 2.45) is 0 Å². The Balaban J connectivity index is 2.87. The Morgan fingerprint density at radius 1 is 1.31 bits per heavy atom. The maximum absolute atomic E-state index is 5.90. The maximum atomic E-state index is 5.90. The van der Waals surface area contributed by atoms with Crippen molar-refractivity contribution in [3.05, 3.63) is 28.9 Å². The number of benzene rings is 1. The lowest BCUT2D eigenvalue weighted by Crippen LogP contribution is -1.95. The summed E-state index contributed by atoms with van der Waals surface area (Å²) < 4.78 is 0. The SMILES string of the molecule is Cc1ccc2nc(N)nc(Cl)c2c1. The number of aryl methyl sites for hydroxylation is 1. The van der Waals surface area contributed by atoms with Crippen molar-refractivity contribution in [3.63, 3.8) is 0 Å². The summed E-state index contributed by atoms with van der Waals surface area (Å²) in [6, 6.07) is 5.79. The molecule has 0 atom stereocenters. The molecule has 0 saturated carbocycles. The largest absolute Gasteiger partial charge is 0.368 e. The monoisotopic (exact) mass is 193 g/mol. The van der Waals surface area contributed by atoms with E-state index in [-0.39, 0.29) is 5.95 Å². The molecule has 2 aromatic rings. The average molecular weight is 194 g/mol. The number of nitrogen functional groups attached to an aromatic ring is 1. The lowest BCUT2D eigenvalue weighted by molar-refractivity contribution is 1.24. The number of rotatable bonds is 0. The summed E-state index contributed by atoms with van der Waals surface area (Å²) in [6.07, 6.45) is 0. The molecule has 66 valence electrons. The molecule has 2 rings (SSSR count). The fourth-order valence-electron chi connectivity index (χ4n) is 1.22. The molecule has 0 fully saturated rings. The third-order valence-electron chi connectivity index (χ3n) is 1.82. The summed E-state index contributed by atoms with van der Waals surface area (Å²) in [5.41, 5.74) is 7.36. The Kier molecular flexibility index (Phi) is 1.81. The Labute approximate surface area is 80.6 Å². The lowest BCUT2D eigenvalue weighted by Gasteiger charge is -2.01. The molecule has 1 aromatic heterocycles. The van der Waals surface area contributed by atoms with Gasteiger partial charge in [0.25, 0.3) is 0 Å². The summed E-state index contributed by atoms with van der Waals surface area (Å²) in [7, 11) is 0. The first kappa shape index (κ1) is 8.26. The summed E-state index contributed by atoms with van der Waals surface area (Å²) in [5.74, 6) is 0.210. The minimum absolute atomic E-state index is 0.210. The molecule has 0 unspecified atom stereocenters. The van der Waals surface area contributed by atoms with Crippen LogP contribution in [-0.2, 0) is 0 Å². The van der Waals surface area contributed by atoms with Crippen molar-refractivity contribution in [1.82, 2.24) is 9.97 Å². The highest BCUT2D eigenvalue weighted by Crippen LogP contribution is 2.21. The Morgan fingerprint density at radius 3 is 2.85 bits per heavy atom. The van der Waals surface area contributed by atoms with E-state index in [2.05, 4.69) is 9.97 Å². The van der Waals surface area contributed by atoms with Gasteiger partial charge in [-0.2, -0.15) is 0 Å². The molecule has 0 bridgehead atoms. The fourth-order valence-corrected chi connectivity index (χ4v) is 1.46. The molecule has 13 heavy (non-hydrogen) atoms. The van der Waals surface area contributed by atoms with Crippen molar-refractivity contribution < 1.29 is 0 Å². The van der Waals surface area contributed by atoms with Crippen LogP contribution in [0.25, 0.3) is 10.9 Å². The van der Waals surface area contributed by atoms with Gasteiger partial charge in [0.15, 0.2) is 0 Å². The molecule has 0 spiro atoms. The highest BCUT2D eigenvalue weighted by Gasteiger charge is 2.02. The quantitative estimate of drug-likeness (QED) is 0.653. The number of aromatic nitrogens is 2. The third kappa shape index (κ3) is 1.42. The first-order valence-electron chi connectivity index (χ1n) is 3.86. The standard InChI is InChI=1S/C9H8ClN3/c1-5-2-3-7-6(4-5)8(10)13-9(11)12-7/h2-4H,1H3,(H2,11,12,13). The van der Waals surface area contributed by atoms with Crippen molar-refractivity contribution in [3.8, 4) is 0 Å². The van der Waals surface area contributed by atoms with Crippen LogP contribution >= 0.6 is 11.6 Å². The van der Waals surface area contributed by atoms with Crippen LogP contribution in [0.1, 0.15) is 5.56 Å². The van der Waals surface area contributed by atoms with E-state index in [1.54, 1.807) is 0 Å². The number of fused-ring (bicyclic) bond motifs is 1. The second-order valence-electron chi connectivity index (χ2n) is 2.89. The van der Waals surface area contributed by atoms with E-state index >= 15 is 0 Å². The van der Waals surface area contributed by atoms with Crippen LogP contribution in [0.3, 0.4) is 0 Å². The van der Waals surface area contributed by atoms with Gasteiger partial charge in [-0.05, 0) is 19.1 Å². The van der Waals surface area contributed by atoms with Gasteiger partial charge in [-0.25, -0.2) is 9.97 Å². The van der Waals surface area contributed by atoms with Gasteiger partial charge in [0.1, 0.15) is 5.15 Å². The Morgan fingerprint density at radius 2 is 2.08 bits per heavy atom. The minimum atomic E-state index is 0.210. The number of halogens is 1. The molecule has 0 radical (unpaired) electrons. The first-order valence-corrected chi connectivity index (χ1v) is 4.24. The molecule has 2 N–H and O–H groups in total. The van der Waals surface area contributed by atoms with E-state index in [4.69, 9.17) is 17.3 Å². The molecule has 0 aliphatic heterocycles. The topological polar surface area (TPSA) is 51.8 Å². The smallest absolute Gasteiger partial charge is 0.222 e. The summed E-state index contributed by atoms with van der Waals surface area (Å²) >= 11 is 5.90. The molecule has 4 heteroatoms. The van der Waals surface area contributed by atoms with Gasteiger partial charge in [-0.15, -0.1) is 0 Å². The highest BCUT2D eigenvalue weighted by molar-refractivity contribution is 6.34. The van der Waals surface area contributed by atoms with E-state index in [0.29, 0.717) is 5.15 Å². The number of hydrogen-bond acceptors (Lipinski definition) is 3. The van der Waals surface area contributed by atoms with E-state index in [0.717, 1.165) is 16.5 Å². The predicted octanol–water partition coefficient (Wildman–Crippen LogP) is 2.17. The summed E-state index contributed by atoms with van der Waals surface area (Å²) in [6.45, 7) is 1.99. The van der Waals surface area contributed by atoms with Crippen molar-refractivity contribution in [1.29, 1.82) is 0 Å². The highest BCUT2D eigenvalue weighted by atomic mass is 35.5. The average Bonchev–Trinajstić information content (AvgIpc) is 2.06. The molecule has 0 aliphatic rings. The van der Waals surface area contributed by atoms with Crippen LogP contribution in [-0.4, -0.2) is 9.97 Å². The second kappa shape index (κ2) is 2.85. The normalized spacial score (nSPS) is 10.6. The zero-order valence-corrected chi connectivity index (χ0v) is 7.84. The van der Waals surface area contributed by atoms with Gasteiger partial charge < -0.3 is 5.73 Å². The zero-order chi connectivity index (χ0) is 9.42. The molecular formula is C9H8ClN3. The van der Waals surface area contributed by atoms with Crippen LogP contribution in [0.2, 0.25) is 5.15 Å².